The molecule has 2 fully saturated rings. The van der Waals surface area contributed by atoms with Crippen LogP contribution in [0.3, 0.4) is 0 Å². The van der Waals surface area contributed by atoms with Crippen molar-refractivity contribution in [3.05, 3.63) is 47.9 Å². The third-order valence-corrected chi connectivity index (χ3v) is 5.92. The van der Waals surface area contributed by atoms with Gasteiger partial charge in [-0.05, 0) is 30.5 Å². The van der Waals surface area contributed by atoms with Crippen LogP contribution in [0, 0.1) is 11.8 Å². The van der Waals surface area contributed by atoms with E-state index in [-0.39, 0.29) is 12.4 Å². The van der Waals surface area contributed by atoms with Gasteiger partial charge in [0, 0.05) is 38.2 Å². The highest BCUT2D eigenvalue weighted by Crippen LogP contribution is 2.51. The van der Waals surface area contributed by atoms with E-state index in [0.29, 0.717) is 24.1 Å². The Morgan fingerprint density at radius 1 is 1.33 bits per heavy atom. The minimum absolute atomic E-state index is 0. The molecule has 27 heavy (non-hydrogen) atoms. The van der Waals surface area contributed by atoms with E-state index in [1.165, 1.54) is 6.42 Å². The molecule has 4 rings (SSSR count). The maximum Gasteiger partial charge on any atom is 0.267 e. The number of carbonyl (C=O) groups is 1. The van der Waals surface area contributed by atoms with Gasteiger partial charge in [0.2, 0.25) is 5.89 Å². The number of amides is 1. The van der Waals surface area contributed by atoms with Crippen molar-refractivity contribution in [3.8, 4) is 0 Å². The predicted molar refractivity (Wildman–Crippen MR) is 101 cm³/mol. The number of ether oxygens (including phenoxy) is 1. The largest absolute Gasteiger partial charge is 0.448 e. The molecule has 2 bridgehead atoms. The zero-order chi connectivity index (χ0) is 18.1. The maximum atomic E-state index is 11.6. The van der Waals surface area contributed by atoms with Gasteiger partial charge in [0.05, 0.1) is 12.7 Å². The molecule has 0 spiro atoms. The van der Waals surface area contributed by atoms with E-state index in [2.05, 4.69) is 14.9 Å². The van der Waals surface area contributed by atoms with Crippen LogP contribution in [0.15, 0.2) is 35.2 Å². The van der Waals surface area contributed by atoms with Crippen molar-refractivity contribution in [3.63, 3.8) is 0 Å². The van der Waals surface area contributed by atoms with Crippen molar-refractivity contribution in [2.45, 2.75) is 31.4 Å². The fraction of sp³-hybridized carbons (Fsp3) is 0.526. The van der Waals surface area contributed by atoms with Crippen LogP contribution in [0.1, 0.15) is 41.2 Å². The van der Waals surface area contributed by atoms with Crippen LogP contribution < -0.4 is 5.73 Å². The number of oxazole rings is 1. The number of hydrogen-bond acceptors (Lipinski definition) is 6. The van der Waals surface area contributed by atoms with Crippen LogP contribution in [0.4, 0.5) is 0 Å². The van der Waals surface area contributed by atoms with Gasteiger partial charge in [-0.25, -0.2) is 4.98 Å². The van der Waals surface area contributed by atoms with Crippen LogP contribution >= 0.6 is 12.4 Å². The first-order chi connectivity index (χ1) is 12.6. The molecule has 1 aliphatic heterocycles. The molecule has 2 atom stereocenters. The zero-order valence-electron chi connectivity index (χ0n) is 15.3. The zero-order valence-corrected chi connectivity index (χ0v) is 16.2. The van der Waals surface area contributed by atoms with Gasteiger partial charge < -0.3 is 14.9 Å². The lowest BCUT2D eigenvalue weighted by atomic mass is 9.62. The van der Waals surface area contributed by atoms with E-state index in [1.54, 1.807) is 31.8 Å². The fourth-order valence-electron chi connectivity index (χ4n) is 4.91. The summed E-state index contributed by atoms with van der Waals surface area (Å²) in [4.78, 5) is 22.3. The van der Waals surface area contributed by atoms with Crippen molar-refractivity contribution in [2.24, 2.45) is 17.6 Å². The van der Waals surface area contributed by atoms with E-state index >= 15 is 0 Å². The fourth-order valence-corrected chi connectivity index (χ4v) is 4.91. The molecule has 7 nitrogen and oxygen atoms in total. The Labute approximate surface area is 164 Å². The molecule has 2 unspecified atom stereocenters. The summed E-state index contributed by atoms with van der Waals surface area (Å²) in [7, 11) is 1.78. The quantitative estimate of drug-likeness (QED) is 0.839. The number of carbonyl (C=O) groups excluding carboxylic acids is 1. The van der Waals surface area contributed by atoms with Crippen molar-refractivity contribution >= 4 is 18.3 Å². The number of piperidine rings is 1. The molecule has 1 saturated carbocycles. The molecule has 2 aromatic rings. The Balaban J connectivity index is 0.00000210. The van der Waals surface area contributed by atoms with Gasteiger partial charge in [-0.15, -0.1) is 12.4 Å². The minimum atomic E-state index is -0.510. The number of aromatic nitrogens is 2. The molecule has 146 valence electrons. The lowest BCUT2D eigenvalue weighted by Crippen LogP contribution is -2.58. The standard InChI is InChI=1S/C19H24N4O3.ClH/c1-25-19(13-5-6-21-16(9-13)18(20)24)14-3-2-4-15(19)11-23(10-14)12-17-22-7-8-26-17;/h5-9,14-15H,2-4,10-12H2,1H3,(H2,20,24);1H. The summed E-state index contributed by atoms with van der Waals surface area (Å²) in [5.41, 5.74) is 6.34. The molecule has 1 aliphatic carbocycles. The van der Waals surface area contributed by atoms with Crippen molar-refractivity contribution in [2.75, 3.05) is 20.2 Å². The number of hydrogen-bond donors (Lipinski definition) is 1. The summed E-state index contributed by atoms with van der Waals surface area (Å²) in [6, 6.07) is 3.77. The van der Waals surface area contributed by atoms with Crippen LogP contribution in [0.5, 0.6) is 0 Å². The molecular formula is C19H25ClN4O3. The average Bonchev–Trinajstić information content (AvgIpc) is 3.14. The lowest BCUT2D eigenvalue weighted by molar-refractivity contribution is -0.171. The second-order valence-electron chi connectivity index (χ2n) is 7.24. The number of methoxy groups -OCH3 is 1. The van der Waals surface area contributed by atoms with Gasteiger partial charge in [-0.1, -0.05) is 6.42 Å². The lowest BCUT2D eigenvalue weighted by Gasteiger charge is -2.55. The van der Waals surface area contributed by atoms with Crippen molar-refractivity contribution < 1.29 is 13.9 Å². The van der Waals surface area contributed by atoms with Crippen molar-refractivity contribution in [1.29, 1.82) is 0 Å². The highest BCUT2D eigenvalue weighted by molar-refractivity contribution is 5.90. The molecule has 2 N–H and O–H groups in total. The van der Waals surface area contributed by atoms with Crippen LogP contribution in [0.25, 0.3) is 0 Å². The topological polar surface area (TPSA) is 94.5 Å². The first-order valence-electron chi connectivity index (χ1n) is 9.05. The summed E-state index contributed by atoms with van der Waals surface area (Å²) >= 11 is 0. The molecular weight excluding hydrogens is 368 g/mol. The molecule has 8 heteroatoms. The third-order valence-electron chi connectivity index (χ3n) is 5.92. The number of fused-ring (bicyclic) bond motifs is 2. The minimum Gasteiger partial charge on any atom is -0.448 e. The molecule has 3 heterocycles. The van der Waals surface area contributed by atoms with Crippen molar-refractivity contribution in [1.82, 2.24) is 14.9 Å². The molecule has 1 amide bonds. The Bertz CT molecular complexity index is 769. The highest BCUT2D eigenvalue weighted by Gasteiger charge is 2.53. The number of nitrogens with two attached hydrogens (primary N) is 1. The van der Waals surface area contributed by atoms with Gasteiger partial charge in [-0.3, -0.25) is 14.7 Å². The molecule has 2 aromatic heterocycles. The second-order valence-corrected chi connectivity index (χ2v) is 7.24. The summed E-state index contributed by atoms with van der Waals surface area (Å²) < 4.78 is 11.6. The Morgan fingerprint density at radius 3 is 2.67 bits per heavy atom. The predicted octanol–water partition coefficient (Wildman–Crippen LogP) is 2.36. The summed E-state index contributed by atoms with van der Waals surface area (Å²) in [6.45, 7) is 2.52. The van der Waals surface area contributed by atoms with Gasteiger partial charge in [0.1, 0.15) is 17.6 Å². The maximum absolute atomic E-state index is 11.6. The summed E-state index contributed by atoms with van der Waals surface area (Å²) in [5.74, 6) is 0.897. The molecule has 0 aromatic carbocycles. The number of likely N-dealkylation sites (tertiary alicyclic amines) is 1. The van der Waals surface area contributed by atoms with Gasteiger partial charge in [0.15, 0.2) is 0 Å². The second kappa shape index (κ2) is 7.96. The third kappa shape index (κ3) is 3.47. The van der Waals surface area contributed by atoms with Gasteiger partial charge >= 0.3 is 0 Å². The monoisotopic (exact) mass is 392 g/mol. The van der Waals surface area contributed by atoms with Gasteiger partial charge in [-0.2, -0.15) is 0 Å². The van der Waals surface area contributed by atoms with Crippen LogP contribution in [0.2, 0.25) is 0 Å². The van der Waals surface area contributed by atoms with Gasteiger partial charge in [0.25, 0.3) is 5.91 Å². The van der Waals surface area contributed by atoms with E-state index in [4.69, 9.17) is 14.9 Å². The van der Waals surface area contributed by atoms with Crippen LogP contribution in [-0.4, -0.2) is 41.0 Å². The summed E-state index contributed by atoms with van der Waals surface area (Å²) in [6.07, 6.45) is 8.32. The highest BCUT2D eigenvalue weighted by atomic mass is 35.5. The van der Waals surface area contributed by atoms with Crippen LogP contribution in [-0.2, 0) is 16.9 Å². The van der Waals surface area contributed by atoms with E-state index in [9.17, 15) is 4.79 Å². The Hall–Kier alpha value is -1.96. The number of primary amides is 1. The number of rotatable bonds is 5. The Morgan fingerprint density at radius 2 is 2.07 bits per heavy atom. The Kier molecular flexibility index (Phi) is 5.83. The van der Waals surface area contributed by atoms with E-state index < -0.39 is 11.5 Å². The smallest absolute Gasteiger partial charge is 0.267 e. The summed E-state index contributed by atoms with van der Waals surface area (Å²) in [5, 5.41) is 0. The van der Waals surface area contributed by atoms with E-state index in [1.807, 2.05) is 6.07 Å². The molecule has 2 aliphatic rings. The average molecular weight is 393 g/mol. The number of nitrogens with zero attached hydrogens (tertiary/aromatic N) is 3. The normalized spacial score (nSPS) is 27.7. The first-order valence-corrected chi connectivity index (χ1v) is 9.05. The first kappa shape index (κ1) is 19.8. The van der Waals surface area contributed by atoms with E-state index in [0.717, 1.165) is 37.4 Å². The molecule has 0 radical (unpaired) electrons. The number of pyridine rings is 1. The SMILES string of the molecule is COC1(c2ccnc(C(N)=O)c2)C2CCCC1CN(Cc1ncco1)C2.Cl. The number of halogens is 1. The molecule has 1 saturated heterocycles.